The number of aryl methyl sites for hydroxylation is 1. The van der Waals surface area contributed by atoms with Crippen LogP contribution in [0.5, 0.6) is 0 Å². The topological polar surface area (TPSA) is 38.9 Å². The van der Waals surface area contributed by atoms with Crippen molar-refractivity contribution < 1.29 is 0 Å². The molecule has 2 rings (SSSR count). The lowest BCUT2D eigenvalue weighted by Crippen LogP contribution is -2.42. The van der Waals surface area contributed by atoms with Gasteiger partial charge in [0.25, 0.3) is 0 Å². The second-order valence-electron chi connectivity index (χ2n) is 4.03. The zero-order valence-electron chi connectivity index (χ0n) is 8.09. The average Bonchev–Trinajstić information content (AvgIpc) is 2.07. The summed E-state index contributed by atoms with van der Waals surface area (Å²) in [6.45, 7) is 2.90. The van der Waals surface area contributed by atoms with Crippen molar-refractivity contribution in [3.63, 3.8) is 0 Å². The maximum atomic E-state index is 5.85. The van der Waals surface area contributed by atoms with E-state index in [9.17, 15) is 0 Å². The van der Waals surface area contributed by atoms with Gasteiger partial charge in [-0.05, 0) is 37.0 Å². The molecule has 1 aromatic heterocycles. The molecule has 0 aromatic carbocycles. The molecule has 0 bridgehead atoms. The van der Waals surface area contributed by atoms with Gasteiger partial charge in [-0.3, -0.25) is 4.98 Å². The summed E-state index contributed by atoms with van der Waals surface area (Å²) in [6, 6.07) is 2.13. The Hall–Kier alpha value is -0.890. The summed E-state index contributed by atoms with van der Waals surface area (Å²) in [5.41, 5.74) is 8.83. The molecule has 1 heterocycles. The molecule has 1 fully saturated rings. The van der Waals surface area contributed by atoms with Crippen molar-refractivity contribution in [1.29, 1.82) is 0 Å². The Morgan fingerprint density at radius 1 is 1.54 bits per heavy atom. The summed E-state index contributed by atoms with van der Waals surface area (Å²) in [6.07, 6.45) is 7.62. The molecule has 0 unspecified atom stereocenters. The predicted molar refractivity (Wildman–Crippen MR) is 53.6 cm³/mol. The van der Waals surface area contributed by atoms with Crippen molar-refractivity contribution in [2.75, 3.05) is 6.54 Å². The number of rotatable bonds is 2. The van der Waals surface area contributed by atoms with Gasteiger partial charge in [0.1, 0.15) is 0 Å². The van der Waals surface area contributed by atoms with E-state index in [4.69, 9.17) is 5.73 Å². The molecule has 0 radical (unpaired) electrons. The fourth-order valence-electron chi connectivity index (χ4n) is 2.26. The van der Waals surface area contributed by atoms with Gasteiger partial charge in [-0.2, -0.15) is 0 Å². The molecule has 2 N–H and O–H groups in total. The van der Waals surface area contributed by atoms with Crippen LogP contribution in [0.2, 0.25) is 0 Å². The Kier molecular flexibility index (Phi) is 2.08. The molecule has 1 aliphatic rings. The highest BCUT2D eigenvalue weighted by Crippen LogP contribution is 2.43. The summed E-state index contributed by atoms with van der Waals surface area (Å²) < 4.78 is 0. The van der Waals surface area contributed by atoms with Crippen LogP contribution in [0.4, 0.5) is 0 Å². The van der Waals surface area contributed by atoms with E-state index < -0.39 is 0 Å². The number of aromatic nitrogens is 1. The van der Waals surface area contributed by atoms with Crippen molar-refractivity contribution in [3.8, 4) is 0 Å². The molecule has 0 spiro atoms. The van der Waals surface area contributed by atoms with Crippen LogP contribution >= 0.6 is 0 Å². The molecular formula is C11H16N2. The van der Waals surface area contributed by atoms with Gasteiger partial charge in [0, 0.05) is 24.4 Å². The van der Waals surface area contributed by atoms with Crippen LogP contribution in [0.15, 0.2) is 18.5 Å². The van der Waals surface area contributed by atoms with Gasteiger partial charge in [-0.25, -0.2) is 0 Å². The number of hydrogen-bond acceptors (Lipinski definition) is 2. The Morgan fingerprint density at radius 2 is 2.31 bits per heavy atom. The first-order chi connectivity index (χ1) is 6.28. The smallest absolute Gasteiger partial charge is 0.0300 e. The highest BCUT2D eigenvalue weighted by molar-refractivity contribution is 5.33. The highest BCUT2D eigenvalue weighted by Gasteiger charge is 2.37. The zero-order chi connectivity index (χ0) is 9.31. The average molecular weight is 176 g/mol. The normalized spacial score (nSPS) is 19.5. The van der Waals surface area contributed by atoms with Crippen LogP contribution in [-0.4, -0.2) is 11.5 Å². The summed E-state index contributed by atoms with van der Waals surface area (Å²) >= 11 is 0. The van der Waals surface area contributed by atoms with Crippen LogP contribution < -0.4 is 5.73 Å². The largest absolute Gasteiger partial charge is 0.330 e. The van der Waals surface area contributed by atoms with Crippen LogP contribution in [0.25, 0.3) is 0 Å². The summed E-state index contributed by atoms with van der Waals surface area (Å²) in [5, 5.41) is 0. The van der Waals surface area contributed by atoms with Crippen molar-refractivity contribution in [2.45, 2.75) is 31.6 Å². The van der Waals surface area contributed by atoms with Gasteiger partial charge >= 0.3 is 0 Å². The first kappa shape index (κ1) is 8.70. The van der Waals surface area contributed by atoms with E-state index in [1.165, 1.54) is 30.4 Å². The fraction of sp³-hybridized carbons (Fsp3) is 0.545. The lowest BCUT2D eigenvalue weighted by molar-refractivity contribution is 0.251. The number of nitrogens with two attached hydrogens (primary N) is 1. The van der Waals surface area contributed by atoms with Gasteiger partial charge in [0.05, 0.1) is 0 Å². The van der Waals surface area contributed by atoms with E-state index in [2.05, 4.69) is 18.0 Å². The predicted octanol–water partition coefficient (Wildman–Crippen LogP) is 1.77. The summed E-state index contributed by atoms with van der Waals surface area (Å²) in [5.74, 6) is 0. The Morgan fingerprint density at radius 3 is 2.77 bits per heavy atom. The zero-order valence-corrected chi connectivity index (χ0v) is 8.09. The number of pyridine rings is 1. The van der Waals surface area contributed by atoms with E-state index >= 15 is 0 Å². The monoisotopic (exact) mass is 176 g/mol. The van der Waals surface area contributed by atoms with Gasteiger partial charge in [0.15, 0.2) is 0 Å². The number of nitrogens with zero attached hydrogens (tertiary/aromatic N) is 1. The van der Waals surface area contributed by atoms with Crippen LogP contribution in [0.1, 0.15) is 30.4 Å². The SMILES string of the molecule is Cc1cnccc1C1(CN)CCC1. The molecule has 2 nitrogen and oxygen atoms in total. The minimum Gasteiger partial charge on any atom is -0.330 e. The Bertz CT molecular complexity index is 297. The van der Waals surface area contributed by atoms with Crippen molar-refractivity contribution in [3.05, 3.63) is 29.6 Å². The third kappa shape index (κ3) is 1.25. The van der Waals surface area contributed by atoms with Gasteiger partial charge in [-0.15, -0.1) is 0 Å². The lowest BCUT2D eigenvalue weighted by atomic mass is 9.64. The minimum atomic E-state index is 0.285. The highest BCUT2D eigenvalue weighted by atomic mass is 14.7. The fourth-order valence-corrected chi connectivity index (χ4v) is 2.26. The van der Waals surface area contributed by atoms with Gasteiger partial charge in [0.2, 0.25) is 0 Å². The molecule has 13 heavy (non-hydrogen) atoms. The number of hydrogen-bond donors (Lipinski definition) is 1. The third-order valence-electron chi connectivity index (χ3n) is 3.29. The van der Waals surface area contributed by atoms with Crippen molar-refractivity contribution >= 4 is 0 Å². The quantitative estimate of drug-likeness (QED) is 0.746. The maximum absolute atomic E-state index is 5.85. The molecule has 70 valence electrons. The third-order valence-corrected chi connectivity index (χ3v) is 3.29. The van der Waals surface area contributed by atoms with E-state index in [0.717, 1.165) is 6.54 Å². The van der Waals surface area contributed by atoms with E-state index in [-0.39, 0.29) is 5.41 Å². The molecule has 1 saturated carbocycles. The van der Waals surface area contributed by atoms with Crippen LogP contribution in [-0.2, 0) is 5.41 Å². The standard InChI is InChI=1S/C11H16N2/c1-9-7-13-6-3-10(9)11(8-12)4-2-5-11/h3,6-7H,2,4-5,8,12H2,1H3. The maximum Gasteiger partial charge on any atom is 0.0300 e. The van der Waals surface area contributed by atoms with Crippen molar-refractivity contribution in [2.24, 2.45) is 5.73 Å². The van der Waals surface area contributed by atoms with E-state index in [1.54, 1.807) is 0 Å². The molecule has 1 aromatic rings. The Labute approximate surface area is 79.2 Å². The lowest BCUT2D eigenvalue weighted by Gasteiger charge is -2.42. The van der Waals surface area contributed by atoms with E-state index in [0.29, 0.717) is 0 Å². The first-order valence-corrected chi connectivity index (χ1v) is 4.90. The minimum absolute atomic E-state index is 0.285. The molecule has 0 saturated heterocycles. The molecule has 0 amide bonds. The molecule has 2 heteroatoms. The summed E-state index contributed by atoms with van der Waals surface area (Å²) in [4.78, 5) is 4.11. The van der Waals surface area contributed by atoms with Crippen LogP contribution in [0, 0.1) is 6.92 Å². The van der Waals surface area contributed by atoms with Gasteiger partial charge < -0.3 is 5.73 Å². The van der Waals surface area contributed by atoms with Gasteiger partial charge in [-0.1, -0.05) is 6.42 Å². The molecule has 0 aliphatic heterocycles. The van der Waals surface area contributed by atoms with Crippen molar-refractivity contribution in [1.82, 2.24) is 4.98 Å². The van der Waals surface area contributed by atoms with Crippen LogP contribution in [0.3, 0.4) is 0 Å². The molecule has 0 atom stereocenters. The van der Waals surface area contributed by atoms with E-state index in [1.807, 2.05) is 12.4 Å². The molecular weight excluding hydrogens is 160 g/mol. The first-order valence-electron chi connectivity index (χ1n) is 4.90. The Balaban J connectivity index is 2.38. The molecule has 1 aliphatic carbocycles. The second-order valence-corrected chi connectivity index (χ2v) is 4.03. The second kappa shape index (κ2) is 3.11. The summed E-state index contributed by atoms with van der Waals surface area (Å²) in [7, 11) is 0.